The van der Waals surface area contributed by atoms with Crippen molar-refractivity contribution in [2.24, 2.45) is 5.92 Å². The minimum absolute atomic E-state index is 0.185. The highest BCUT2D eigenvalue weighted by molar-refractivity contribution is 5.86. The number of aliphatic hydroxyl groups is 1. The van der Waals surface area contributed by atoms with E-state index in [1.54, 1.807) is 6.08 Å². The predicted octanol–water partition coefficient (Wildman–Crippen LogP) is 2.15. The van der Waals surface area contributed by atoms with Crippen LogP contribution in [0.25, 0.3) is 6.08 Å². The molecule has 2 N–H and O–H groups in total. The number of aliphatic hydroxyl groups excluding tert-OH is 1. The topological polar surface area (TPSA) is 75.6 Å². The number of methoxy groups -OCH3 is 1. The highest BCUT2D eigenvalue weighted by atomic mass is 16.5. The van der Waals surface area contributed by atoms with Crippen LogP contribution >= 0.6 is 0 Å². The number of amides is 1. The monoisotopic (exact) mass is 319 g/mol. The third-order valence-corrected chi connectivity index (χ3v) is 3.28. The average molecular weight is 319 g/mol. The summed E-state index contributed by atoms with van der Waals surface area (Å²) in [6.07, 6.45) is 3.18. The largest absolute Gasteiger partial charge is 0.467 e. The van der Waals surface area contributed by atoms with E-state index in [2.05, 4.69) is 5.32 Å². The number of ether oxygens (including phenoxy) is 1. The highest BCUT2D eigenvalue weighted by Gasteiger charge is 2.24. The molecule has 1 amide bonds. The van der Waals surface area contributed by atoms with Gasteiger partial charge in [0.05, 0.1) is 7.11 Å². The highest BCUT2D eigenvalue weighted by Crippen LogP contribution is 2.07. The average Bonchev–Trinajstić information content (AvgIpc) is 2.53. The Morgan fingerprint density at radius 1 is 1.26 bits per heavy atom. The lowest BCUT2D eigenvalue weighted by Crippen LogP contribution is -2.46. The first-order valence-corrected chi connectivity index (χ1v) is 7.72. The van der Waals surface area contributed by atoms with Crippen LogP contribution in [0.2, 0.25) is 0 Å². The second-order valence-corrected chi connectivity index (χ2v) is 5.78. The molecule has 0 saturated heterocycles. The molecule has 5 heteroatoms. The Bertz CT molecular complexity index is 525. The van der Waals surface area contributed by atoms with Gasteiger partial charge in [-0.05, 0) is 24.3 Å². The maximum atomic E-state index is 11.9. The van der Waals surface area contributed by atoms with Crippen LogP contribution in [0.5, 0.6) is 0 Å². The predicted molar refractivity (Wildman–Crippen MR) is 89.5 cm³/mol. The Balaban J connectivity index is 2.64. The fourth-order valence-electron chi connectivity index (χ4n) is 2.08. The molecule has 2 atom stereocenters. The van der Waals surface area contributed by atoms with Gasteiger partial charge in [-0.25, -0.2) is 4.79 Å². The minimum Gasteiger partial charge on any atom is -0.467 e. The number of carbonyl (C=O) groups excluding carboxylic acids is 2. The van der Waals surface area contributed by atoms with Gasteiger partial charge in [-0.2, -0.15) is 0 Å². The number of esters is 1. The molecule has 23 heavy (non-hydrogen) atoms. The molecule has 0 aliphatic carbocycles. The standard InChI is InChI=1S/C18H25NO4/c1-13(2)12-16(20)17(21)19-15(18(22)23-3)11-7-10-14-8-5-4-6-9-14/h4-10,13,15-16,20H,11-12H2,1-3H3,(H,19,21)/b10-7+/t15-,16-/m1/s1. The smallest absolute Gasteiger partial charge is 0.328 e. The van der Waals surface area contributed by atoms with Crippen molar-refractivity contribution in [3.63, 3.8) is 0 Å². The molecule has 0 radical (unpaired) electrons. The first-order valence-electron chi connectivity index (χ1n) is 7.72. The summed E-state index contributed by atoms with van der Waals surface area (Å²) in [5.41, 5.74) is 1.00. The van der Waals surface area contributed by atoms with Crippen molar-refractivity contribution < 1.29 is 19.4 Å². The Morgan fingerprint density at radius 3 is 2.48 bits per heavy atom. The van der Waals surface area contributed by atoms with Gasteiger partial charge in [0.15, 0.2) is 0 Å². The molecule has 126 valence electrons. The van der Waals surface area contributed by atoms with Gasteiger partial charge in [0, 0.05) is 0 Å². The first-order chi connectivity index (χ1) is 10.9. The quantitative estimate of drug-likeness (QED) is 0.720. The van der Waals surface area contributed by atoms with Crippen molar-refractivity contribution in [1.29, 1.82) is 0 Å². The van der Waals surface area contributed by atoms with Gasteiger partial charge in [-0.3, -0.25) is 4.79 Å². The molecular weight excluding hydrogens is 294 g/mol. The van der Waals surface area contributed by atoms with Crippen LogP contribution in [0.1, 0.15) is 32.3 Å². The molecular formula is C18H25NO4. The molecule has 5 nitrogen and oxygen atoms in total. The van der Waals surface area contributed by atoms with Gasteiger partial charge in [-0.1, -0.05) is 56.3 Å². The fourth-order valence-corrected chi connectivity index (χ4v) is 2.08. The number of carbonyl (C=O) groups is 2. The summed E-state index contributed by atoms with van der Waals surface area (Å²) in [5, 5.41) is 12.4. The zero-order valence-electron chi connectivity index (χ0n) is 13.9. The summed E-state index contributed by atoms with van der Waals surface area (Å²) in [6.45, 7) is 3.83. The van der Waals surface area contributed by atoms with E-state index in [0.29, 0.717) is 12.8 Å². The van der Waals surface area contributed by atoms with Gasteiger partial charge in [0.25, 0.3) is 0 Å². The van der Waals surface area contributed by atoms with Gasteiger partial charge in [0.2, 0.25) is 5.91 Å². The lowest BCUT2D eigenvalue weighted by molar-refractivity contribution is -0.146. The summed E-state index contributed by atoms with van der Waals surface area (Å²) in [4.78, 5) is 23.7. The van der Waals surface area contributed by atoms with Crippen molar-refractivity contribution in [1.82, 2.24) is 5.32 Å². The lowest BCUT2D eigenvalue weighted by atomic mass is 10.0. The maximum Gasteiger partial charge on any atom is 0.328 e. The number of hydrogen-bond acceptors (Lipinski definition) is 4. The zero-order chi connectivity index (χ0) is 17.2. The van der Waals surface area contributed by atoms with Crippen LogP contribution in [0.4, 0.5) is 0 Å². The molecule has 1 aromatic rings. The van der Waals surface area contributed by atoms with Crippen molar-refractivity contribution in [3.8, 4) is 0 Å². The van der Waals surface area contributed by atoms with Crippen LogP contribution in [0, 0.1) is 5.92 Å². The fraction of sp³-hybridized carbons (Fsp3) is 0.444. The third kappa shape index (κ3) is 7.10. The van der Waals surface area contributed by atoms with E-state index in [4.69, 9.17) is 4.74 Å². The van der Waals surface area contributed by atoms with E-state index in [9.17, 15) is 14.7 Å². The van der Waals surface area contributed by atoms with E-state index in [-0.39, 0.29) is 5.92 Å². The zero-order valence-corrected chi connectivity index (χ0v) is 13.9. The molecule has 0 saturated carbocycles. The third-order valence-electron chi connectivity index (χ3n) is 3.28. The van der Waals surface area contributed by atoms with E-state index in [1.807, 2.05) is 50.3 Å². The van der Waals surface area contributed by atoms with E-state index < -0.39 is 24.0 Å². The van der Waals surface area contributed by atoms with Crippen molar-refractivity contribution in [2.75, 3.05) is 7.11 Å². The Hall–Kier alpha value is -2.14. The molecule has 0 aliphatic rings. The minimum atomic E-state index is -1.12. The summed E-state index contributed by atoms with van der Waals surface area (Å²) >= 11 is 0. The van der Waals surface area contributed by atoms with Gasteiger partial charge < -0.3 is 15.2 Å². The molecule has 0 heterocycles. The summed E-state index contributed by atoms with van der Waals surface area (Å²) in [6, 6.07) is 8.83. The Kier molecular flexibility index (Phi) is 8.05. The van der Waals surface area contributed by atoms with Crippen LogP contribution < -0.4 is 5.32 Å². The maximum absolute atomic E-state index is 11.9. The van der Waals surface area contributed by atoms with Gasteiger partial charge in [-0.15, -0.1) is 0 Å². The van der Waals surface area contributed by atoms with Crippen LogP contribution in [0.15, 0.2) is 36.4 Å². The molecule has 0 fully saturated rings. The molecule has 0 aliphatic heterocycles. The number of rotatable bonds is 8. The number of benzene rings is 1. The number of nitrogens with one attached hydrogen (secondary N) is 1. The second-order valence-electron chi connectivity index (χ2n) is 5.78. The first kappa shape index (κ1) is 18.9. The van der Waals surface area contributed by atoms with Crippen LogP contribution in [0.3, 0.4) is 0 Å². The van der Waals surface area contributed by atoms with Gasteiger partial charge in [0.1, 0.15) is 12.1 Å². The summed E-state index contributed by atoms with van der Waals surface area (Å²) in [7, 11) is 1.27. The SMILES string of the molecule is COC(=O)[C@@H](C/C=C/c1ccccc1)NC(=O)[C@H](O)CC(C)C. The van der Waals surface area contributed by atoms with Gasteiger partial charge >= 0.3 is 5.97 Å². The number of hydrogen-bond donors (Lipinski definition) is 2. The van der Waals surface area contributed by atoms with E-state index in [0.717, 1.165) is 5.56 Å². The Morgan fingerprint density at radius 2 is 1.91 bits per heavy atom. The summed E-state index contributed by atoms with van der Waals surface area (Å²) in [5.74, 6) is -0.902. The van der Waals surface area contributed by atoms with Crippen molar-refractivity contribution >= 4 is 18.0 Å². The second kappa shape index (κ2) is 9.79. The normalized spacial score (nSPS) is 13.8. The molecule has 0 unspecified atom stereocenters. The Labute approximate surface area is 137 Å². The molecule has 0 bridgehead atoms. The van der Waals surface area contributed by atoms with E-state index >= 15 is 0 Å². The van der Waals surface area contributed by atoms with Crippen molar-refractivity contribution in [3.05, 3.63) is 42.0 Å². The van der Waals surface area contributed by atoms with Crippen molar-refractivity contribution in [2.45, 2.75) is 38.8 Å². The summed E-state index contributed by atoms with van der Waals surface area (Å²) < 4.78 is 4.71. The molecule has 1 aromatic carbocycles. The molecule has 1 rings (SSSR count). The van der Waals surface area contributed by atoms with Crippen LogP contribution in [-0.2, 0) is 14.3 Å². The van der Waals surface area contributed by atoms with E-state index in [1.165, 1.54) is 7.11 Å². The van der Waals surface area contributed by atoms with Crippen LogP contribution in [-0.4, -0.2) is 36.2 Å². The lowest BCUT2D eigenvalue weighted by Gasteiger charge is -2.18. The molecule has 0 spiro atoms. The molecule has 0 aromatic heterocycles.